The number of hydrogen-bond donors (Lipinski definition) is 4. The fourth-order valence-electron chi connectivity index (χ4n) is 1.37. The Kier molecular flexibility index (Phi) is 5.32. The zero-order chi connectivity index (χ0) is 15.2. The molecule has 0 fully saturated rings. The molecule has 0 aliphatic rings. The Morgan fingerprint density at radius 1 is 1.20 bits per heavy atom. The quantitative estimate of drug-likeness (QED) is 0.381. The number of para-hydroxylation sites is 1. The van der Waals surface area contributed by atoms with Crippen LogP contribution in [0.2, 0.25) is 0 Å². The van der Waals surface area contributed by atoms with Gasteiger partial charge in [0.1, 0.15) is 0 Å². The molecule has 0 heterocycles. The van der Waals surface area contributed by atoms with Gasteiger partial charge in [0.05, 0.1) is 11.3 Å². The molecule has 3 amide bonds. The molecule has 0 saturated heterocycles. The summed E-state index contributed by atoms with van der Waals surface area (Å²) in [5.74, 6) is 4.33. The Balaban J connectivity index is 2.61. The maximum absolute atomic E-state index is 12.7. The van der Waals surface area contributed by atoms with Crippen molar-refractivity contribution in [3.8, 4) is 0 Å². The number of amides is 3. The molecule has 1 rings (SSSR count). The van der Waals surface area contributed by atoms with Gasteiger partial charge in [0.25, 0.3) is 0 Å². The summed E-state index contributed by atoms with van der Waals surface area (Å²) < 4.78 is 38.0. The van der Waals surface area contributed by atoms with Crippen LogP contribution >= 0.6 is 0 Å². The number of urea groups is 1. The van der Waals surface area contributed by atoms with Gasteiger partial charge >= 0.3 is 12.2 Å². The van der Waals surface area contributed by atoms with Crippen LogP contribution in [0.25, 0.3) is 0 Å². The van der Waals surface area contributed by atoms with E-state index >= 15 is 0 Å². The third kappa shape index (κ3) is 4.76. The van der Waals surface area contributed by atoms with Crippen molar-refractivity contribution in [2.24, 2.45) is 5.84 Å². The van der Waals surface area contributed by atoms with Crippen LogP contribution < -0.4 is 21.9 Å². The lowest BCUT2D eigenvalue weighted by molar-refractivity contribution is -0.136. The second kappa shape index (κ2) is 6.75. The highest BCUT2D eigenvalue weighted by atomic mass is 19.4. The maximum atomic E-state index is 12.7. The lowest BCUT2D eigenvalue weighted by Crippen LogP contribution is -2.36. The summed E-state index contributed by atoms with van der Waals surface area (Å²) in [5, 5.41) is 4.32. The molecule has 0 aromatic heterocycles. The number of carbonyl (C=O) groups excluding carboxylic acids is 2. The van der Waals surface area contributed by atoms with E-state index in [0.717, 1.165) is 12.1 Å². The Labute approximate surface area is 112 Å². The van der Waals surface area contributed by atoms with Gasteiger partial charge in [0.15, 0.2) is 0 Å². The summed E-state index contributed by atoms with van der Waals surface area (Å²) in [6.07, 6.45) is -4.64. The Morgan fingerprint density at radius 2 is 1.85 bits per heavy atom. The Bertz CT molecular complexity index is 491. The molecule has 20 heavy (non-hydrogen) atoms. The van der Waals surface area contributed by atoms with Crippen LogP contribution in [-0.4, -0.2) is 18.5 Å². The van der Waals surface area contributed by atoms with Crippen molar-refractivity contribution < 1.29 is 22.8 Å². The first-order valence-corrected chi connectivity index (χ1v) is 5.55. The number of benzene rings is 1. The highest BCUT2D eigenvalue weighted by molar-refractivity contribution is 5.90. The van der Waals surface area contributed by atoms with E-state index in [0.29, 0.717) is 0 Å². The highest BCUT2D eigenvalue weighted by Crippen LogP contribution is 2.34. The highest BCUT2D eigenvalue weighted by Gasteiger charge is 2.33. The van der Waals surface area contributed by atoms with Gasteiger partial charge in [-0.15, -0.1) is 0 Å². The number of nitrogens with two attached hydrogens (primary N) is 1. The minimum absolute atomic E-state index is 0.0525. The summed E-state index contributed by atoms with van der Waals surface area (Å²) >= 11 is 0. The monoisotopic (exact) mass is 290 g/mol. The second-order valence-corrected chi connectivity index (χ2v) is 3.74. The fraction of sp³-hybridized carbons (Fsp3) is 0.273. The molecule has 6 nitrogen and oxygen atoms in total. The molecule has 0 aliphatic carbocycles. The number of nitrogens with one attached hydrogen (secondary N) is 3. The van der Waals surface area contributed by atoms with Gasteiger partial charge in [-0.2, -0.15) is 13.2 Å². The lowest BCUT2D eigenvalue weighted by Gasteiger charge is -2.13. The van der Waals surface area contributed by atoms with E-state index in [-0.39, 0.29) is 18.7 Å². The Morgan fingerprint density at radius 3 is 2.45 bits per heavy atom. The molecule has 0 radical (unpaired) electrons. The predicted molar refractivity (Wildman–Crippen MR) is 65.4 cm³/mol. The minimum Gasteiger partial charge on any atom is -0.337 e. The minimum atomic E-state index is -4.57. The molecule has 1 aromatic carbocycles. The van der Waals surface area contributed by atoms with Crippen molar-refractivity contribution in [3.05, 3.63) is 29.8 Å². The van der Waals surface area contributed by atoms with Crippen LogP contribution in [0.5, 0.6) is 0 Å². The zero-order valence-electron chi connectivity index (χ0n) is 10.3. The van der Waals surface area contributed by atoms with Crippen molar-refractivity contribution in [2.75, 3.05) is 11.9 Å². The zero-order valence-corrected chi connectivity index (χ0v) is 10.3. The number of alkyl halides is 3. The van der Waals surface area contributed by atoms with Crippen molar-refractivity contribution in [1.82, 2.24) is 10.7 Å². The van der Waals surface area contributed by atoms with E-state index in [2.05, 4.69) is 10.6 Å². The van der Waals surface area contributed by atoms with E-state index in [4.69, 9.17) is 5.84 Å². The molecular formula is C11H13F3N4O2. The van der Waals surface area contributed by atoms with Gasteiger partial charge in [0, 0.05) is 13.0 Å². The molecule has 0 atom stereocenters. The van der Waals surface area contributed by atoms with Crippen LogP contribution in [0.1, 0.15) is 12.0 Å². The number of rotatable bonds is 4. The first-order chi connectivity index (χ1) is 9.34. The van der Waals surface area contributed by atoms with Crippen molar-refractivity contribution in [1.29, 1.82) is 0 Å². The van der Waals surface area contributed by atoms with Crippen LogP contribution in [0.4, 0.5) is 23.7 Å². The van der Waals surface area contributed by atoms with E-state index in [1.807, 2.05) is 5.43 Å². The van der Waals surface area contributed by atoms with Crippen LogP contribution in [0.3, 0.4) is 0 Å². The molecule has 0 spiro atoms. The van der Waals surface area contributed by atoms with Crippen molar-refractivity contribution >= 4 is 17.6 Å². The molecule has 9 heteroatoms. The van der Waals surface area contributed by atoms with Gasteiger partial charge in [0.2, 0.25) is 5.91 Å². The van der Waals surface area contributed by atoms with Gasteiger partial charge in [-0.1, -0.05) is 12.1 Å². The molecule has 0 bridgehead atoms. The standard InChI is InChI=1S/C11H13F3N4O2/c12-11(13,14)7-3-1-2-4-8(7)17-10(20)16-6-5-9(19)18-15/h1-4H,5-6,15H2,(H,18,19)(H2,16,17,20). The average Bonchev–Trinajstić information content (AvgIpc) is 2.37. The normalized spacial score (nSPS) is 10.8. The smallest absolute Gasteiger partial charge is 0.337 e. The van der Waals surface area contributed by atoms with Crippen LogP contribution in [0, 0.1) is 0 Å². The van der Waals surface area contributed by atoms with E-state index < -0.39 is 23.7 Å². The summed E-state index contributed by atoms with van der Waals surface area (Å²) in [5.41, 5.74) is 0.548. The molecule has 0 saturated carbocycles. The van der Waals surface area contributed by atoms with Crippen LogP contribution in [0.15, 0.2) is 24.3 Å². The van der Waals surface area contributed by atoms with E-state index in [1.54, 1.807) is 0 Å². The van der Waals surface area contributed by atoms with Crippen LogP contribution in [-0.2, 0) is 11.0 Å². The van der Waals surface area contributed by atoms with Gasteiger partial charge in [-0.05, 0) is 12.1 Å². The topological polar surface area (TPSA) is 96.2 Å². The first-order valence-electron chi connectivity index (χ1n) is 5.55. The molecule has 0 unspecified atom stereocenters. The molecular weight excluding hydrogens is 277 g/mol. The Hall–Kier alpha value is -2.29. The number of hydrogen-bond acceptors (Lipinski definition) is 3. The van der Waals surface area contributed by atoms with Gasteiger partial charge < -0.3 is 10.6 Å². The van der Waals surface area contributed by atoms with E-state index in [9.17, 15) is 22.8 Å². The average molecular weight is 290 g/mol. The van der Waals surface area contributed by atoms with Gasteiger partial charge in [-0.25, -0.2) is 10.6 Å². The maximum Gasteiger partial charge on any atom is 0.418 e. The first kappa shape index (κ1) is 15.8. The lowest BCUT2D eigenvalue weighted by atomic mass is 10.1. The summed E-state index contributed by atoms with van der Waals surface area (Å²) in [6.45, 7) is -0.0525. The number of halogens is 3. The third-order valence-corrected chi connectivity index (χ3v) is 2.28. The van der Waals surface area contributed by atoms with Crippen molar-refractivity contribution in [2.45, 2.75) is 12.6 Å². The number of hydrazine groups is 1. The van der Waals surface area contributed by atoms with Gasteiger partial charge in [-0.3, -0.25) is 10.2 Å². The molecule has 0 aliphatic heterocycles. The fourth-order valence-corrected chi connectivity index (χ4v) is 1.37. The summed E-state index contributed by atoms with van der Waals surface area (Å²) in [7, 11) is 0. The largest absolute Gasteiger partial charge is 0.418 e. The predicted octanol–water partition coefficient (Wildman–Crippen LogP) is 1.21. The van der Waals surface area contributed by atoms with Crippen molar-refractivity contribution in [3.63, 3.8) is 0 Å². The molecule has 110 valence electrons. The molecule has 5 N–H and O–H groups in total. The molecule has 1 aromatic rings. The van der Waals surface area contributed by atoms with E-state index in [1.165, 1.54) is 12.1 Å². The number of anilines is 1. The SMILES string of the molecule is NNC(=O)CCNC(=O)Nc1ccccc1C(F)(F)F. The summed E-state index contributed by atoms with van der Waals surface area (Å²) in [6, 6.07) is 3.74. The second-order valence-electron chi connectivity index (χ2n) is 3.74. The number of carbonyl (C=O) groups is 2. The third-order valence-electron chi connectivity index (χ3n) is 2.28. The summed E-state index contributed by atoms with van der Waals surface area (Å²) in [4.78, 5) is 22.2.